The second-order valence-electron chi connectivity index (χ2n) is 10.9. The standard InChI is InChI=1S/C18H14F3N3O.C16H14F3N3O/c1-11-22-14-10-12(17-23-13-4-2-3-5-16(13)25-17)6-7-15(14)24(11)9-8-18(19,20)21;17-16(18,19)7-8-21-12-6-5-10(9-11(12)20)15-22-13-3-1-2-4-14(13)23-15/h2-7,10H,8-9H2,1H3;1-6,9,21H,7-8,20H2. The van der Waals surface area contributed by atoms with E-state index >= 15 is 0 Å². The second-order valence-corrected chi connectivity index (χ2v) is 10.9. The monoisotopic (exact) mass is 666 g/mol. The number of imidazole rings is 1. The third-order valence-corrected chi connectivity index (χ3v) is 7.42. The van der Waals surface area contributed by atoms with E-state index in [-0.39, 0.29) is 13.1 Å². The van der Waals surface area contributed by atoms with Gasteiger partial charge < -0.3 is 24.5 Å². The van der Waals surface area contributed by atoms with E-state index in [1.165, 1.54) is 0 Å². The first-order valence-electron chi connectivity index (χ1n) is 14.8. The molecule has 14 heteroatoms. The average molecular weight is 667 g/mol. The lowest BCUT2D eigenvalue weighted by atomic mass is 10.1. The summed E-state index contributed by atoms with van der Waals surface area (Å²) >= 11 is 0. The number of nitrogens with two attached hydrogens (primary N) is 1. The van der Waals surface area contributed by atoms with Crippen LogP contribution in [-0.4, -0.2) is 38.4 Å². The van der Waals surface area contributed by atoms with E-state index in [0.717, 1.165) is 16.6 Å². The Morgan fingerprint density at radius 2 is 1.25 bits per heavy atom. The van der Waals surface area contributed by atoms with Crippen LogP contribution in [0, 0.1) is 6.92 Å². The van der Waals surface area contributed by atoms with Crippen LogP contribution in [0.15, 0.2) is 93.8 Å². The number of oxazole rings is 2. The van der Waals surface area contributed by atoms with E-state index < -0.39 is 25.2 Å². The molecule has 0 radical (unpaired) electrons. The van der Waals surface area contributed by atoms with E-state index in [2.05, 4.69) is 20.3 Å². The van der Waals surface area contributed by atoms with Gasteiger partial charge in [0.25, 0.3) is 0 Å². The van der Waals surface area contributed by atoms with Crippen LogP contribution in [0.4, 0.5) is 37.7 Å². The van der Waals surface area contributed by atoms with Gasteiger partial charge in [-0.1, -0.05) is 24.3 Å². The molecule has 3 aromatic heterocycles. The molecular weight excluding hydrogens is 638 g/mol. The minimum absolute atomic E-state index is 0.145. The van der Waals surface area contributed by atoms with Crippen molar-refractivity contribution >= 4 is 44.6 Å². The van der Waals surface area contributed by atoms with E-state index in [1.54, 1.807) is 47.9 Å². The Morgan fingerprint density at radius 3 is 1.81 bits per heavy atom. The number of hydrogen-bond acceptors (Lipinski definition) is 7. The van der Waals surface area contributed by atoms with Crippen molar-refractivity contribution in [2.75, 3.05) is 17.6 Å². The molecule has 0 unspecified atom stereocenters. The Bertz CT molecular complexity index is 2130. The van der Waals surface area contributed by atoms with Gasteiger partial charge in [0, 0.05) is 24.2 Å². The van der Waals surface area contributed by atoms with Gasteiger partial charge in [0.15, 0.2) is 11.2 Å². The van der Waals surface area contributed by atoms with Crippen molar-refractivity contribution in [3.8, 4) is 22.9 Å². The number of benzene rings is 4. The zero-order valence-electron chi connectivity index (χ0n) is 25.4. The van der Waals surface area contributed by atoms with Gasteiger partial charge in [0.2, 0.25) is 11.8 Å². The van der Waals surface area contributed by atoms with Crippen molar-refractivity contribution in [3.63, 3.8) is 0 Å². The number of anilines is 2. The minimum atomic E-state index is -4.19. The van der Waals surface area contributed by atoms with Gasteiger partial charge in [-0.25, -0.2) is 15.0 Å². The maximum Gasteiger partial charge on any atom is 0.390 e. The molecule has 0 aliphatic heterocycles. The molecule has 4 aromatic carbocycles. The third-order valence-electron chi connectivity index (χ3n) is 7.42. The largest absolute Gasteiger partial charge is 0.436 e. The van der Waals surface area contributed by atoms with Crippen LogP contribution < -0.4 is 11.1 Å². The molecule has 0 amide bonds. The molecule has 48 heavy (non-hydrogen) atoms. The van der Waals surface area contributed by atoms with Crippen molar-refractivity contribution in [1.29, 1.82) is 0 Å². The number of nitrogens with one attached hydrogen (secondary N) is 1. The zero-order chi connectivity index (χ0) is 34.1. The maximum atomic E-state index is 12.5. The third kappa shape index (κ3) is 7.54. The molecule has 0 atom stereocenters. The summed E-state index contributed by atoms with van der Waals surface area (Å²) in [4.78, 5) is 13.2. The van der Waals surface area contributed by atoms with Crippen LogP contribution in [0.3, 0.4) is 0 Å². The Labute approximate surface area is 269 Å². The molecule has 3 heterocycles. The summed E-state index contributed by atoms with van der Waals surface area (Å²) in [6.07, 6.45) is -10.2. The van der Waals surface area contributed by atoms with Crippen molar-refractivity contribution < 1.29 is 35.2 Å². The fourth-order valence-electron chi connectivity index (χ4n) is 5.09. The lowest BCUT2D eigenvalue weighted by Gasteiger charge is -2.11. The fourth-order valence-corrected chi connectivity index (χ4v) is 5.09. The Hall–Kier alpha value is -5.53. The summed E-state index contributed by atoms with van der Waals surface area (Å²) in [5, 5.41) is 2.68. The average Bonchev–Trinajstić information content (AvgIpc) is 3.74. The molecule has 8 nitrogen and oxygen atoms in total. The summed E-state index contributed by atoms with van der Waals surface area (Å²) < 4.78 is 87.0. The predicted octanol–water partition coefficient (Wildman–Crippen LogP) is 9.55. The van der Waals surface area contributed by atoms with Crippen LogP contribution in [0.5, 0.6) is 0 Å². The quantitative estimate of drug-likeness (QED) is 0.129. The summed E-state index contributed by atoms with van der Waals surface area (Å²) in [5.74, 6) is 1.43. The molecule has 0 aliphatic rings. The van der Waals surface area contributed by atoms with Gasteiger partial charge >= 0.3 is 12.4 Å². The first-order valence-corrected chi connectivity index (χ1v) is 14.8. The Morgan fingerprint density at radius 1 is 0.688 bits per heavy atom. The van der Waals surface area contributed by atoms with E-state index in [9.17, 15) is 26.3 Å². The van der Waals surface area contributed by atoms with Gasteiger partial charge in [-0.05, 0) is 67.6 Å². The minimum Gasteiger partial charge on any atom is -0.436 e. The summed E-state index contributed by atoms with van der Waals surface area (Å²) in [7, 11) is 0. The number of nitrogen functional groups attached to an aromatic ring is 1. The second kappa shape index (κ2) is 12.9. The highest BCUT2D eigenvalue weighted by molar-refractivity contribution is 5.83. The fraction of sp³-hybridized carbons (Fsp3) is 0.206. The molecule has 0 aliphatic carbocycles. The molecule has 0 saturated carbocycles. The highest BCUT2D eigenvalue weighted by Crippen LogP contribution is 2.31. The number of fused-ring (bicyclic) bond motifs is 3. The smallest absolute Gasteiger partial charge is 0.390 e. The maximum absolute atomic E-state index is 12.5. The lowest BCUT2D eigenvalue weighted by molar-refractivity contribution is -0.136. The molecule has 0 bridgehead atoms. The molecular formula is C34H28F6N6O2. The molecule has 0 spiro atoms. The highest BCUT2D eigenvalue weighted by atomic mass is 19.4. The van der Waals surface area contributed by atoms with E-state index in [0.29, 0.717) is 56.7 Å². The van der Waals surface area contributed by atoms with Crippen LogP contribution >= 0.6 is 0 Å². The molecule has 0 saturated heterocycles. The summed E-state index contributed by atoms with van der Waals surface area (Å²) in [6.45, 7) is 1.33. The molecule has 3 N–H and O–H groups in total. The van der Waals surface area contributed by atoms with Crippen LogP contribution in [0.1, 0.15) is 18.7 Å². The van der Waals surface area contributed by atoms with Crippen molar-refractivity contribution in [2.45, 2.75) is 38.7 Å². The highest BCUT2D eigenvalue weighted by Gasteiger charge is 2.28. The first kappa shape index (κ1) is 32.4. The van der Waals surface area contributed by atoms with Crippen LogP contribution in [-0.2, 0) is 6.54 Å². The van der Waals surface area contributed by atoms with Crippen molar-refractivity contribution in [1.82, 2.24) is 19.5 Å². The molecule has 248 valence electrons. The number of aromatic nitrogens is 4. The zero-order valence-corrected chi connectivity index (χ0v) is 25.4. The van der Waals surface area contributed by atoms with E-state index in [1.807, 2.05) is 48.5 Å². The molecule has 0 fully saturated rings. The van der Waals surface area contributed by atoms with Crippen molar-refractivity contribution in [3.05, 3.63) is 90.8 Å². The number of halogens is 6. The number of aryl methyl sites for hydroxylation is 2. The number of nitrogens with zero attached hydrogens (tertiary/aromatic N) is 4. The van der Waals surface area contributed by atoms with Gasteiger partial charge in [-0.15, -0.1) is 0 Å². The SMILES string of the molecule is Cc1nc2cc(-c3nc4ccccc4o3)ccc2n1CCC(F)(F)F.Nc1cc(-c2nc3ccccc3o2)ccc1NCCC(F)(F)F. The first-order chi connectivity index (χ1) is 22.8. The van der Waals surface area contributed by atoms with Gasteiger partial charge in [-0.2, -0.15) is 26.3 Å². The van der Waals surface area contributed by atoms with Gasteiger partial charge in [-0.3, -0.25) is 0 Å². The molecule has 7 rings (SSSR count). The van der Waals surface area contributed by atoms with Crippen LogP contribution in [0.25, 0.3) is 56.1 Å². The number of hydrogen-bond donors (Lipinski definition) is 2. The van der Waals surface area contributed by atoms with Gasteiger partial charge in [0.05, 0.1) is 35.2 Å². The number of para-hydroxylation sites is 4. The van der Waals surface area contributed by atoms with Crippen LogP contribution in [0.2, 0.25) is 0 Å². The topological polar surface area (TPSA) is 108 Å². The number of rotatable bonds is 7. The van der Waals surface area contributed by atoms with Gasteiger partial charge in [0.1, 0.15) is 16.9 Å². The summed E-state index contributed by atoms with van der Waals surface area (Å²) in [5.41, 5.74) is 12.2. The molecule has 7 aromatic rings. The summed E-state index contributed by atoms with van der Waals surface area (Å²) in [6, 6.07) is 25.1. The van der Waals surface area contributed by atoms with E-state index in [4.69, 9.17) is 14.6 Å². The number of alkyl halides is 6. The Kier molecular flexibility index (Phi) is 8.73. The predicted molar refractivity (Wildman–Crippen MR) is 171 cm³/mol. The Balaban J connectivity index is 0.000000168. The van der Waals surface area contributed by atoms with Crippen molar-refractivity contribution in [2.24, 2.45) is 0 Å². The normalized spacial score (nSPS) is 12.1. The lowest BCUT2D eigenvalue weighted by Crippen LogP contribution is -2.15.